The van der Waals surface area contributed by atoms with Crippen molar-refractivity contribution in [1.29, 1.82) is 0 Å². The molecule has 5 nitrogen and oxygen atoms in total. The average molecular weight is 340 g/mol. The summed E-state index contributed by atoms with van der Waals surface area (Å²) in [7, 11) is 1.50. The Bertz CT molecular complexity index is 807. The first kappa shape index (κ1) is 19.9. The summed E-state index contributed by atoms with van der Waals surface area (Å²) in [6, 6.07) is 13.0. The summed E-state index contributed by atoms with van der Waals surface area (Å²) in [4.78, 5) is 16.0. The van der Waals surface area contributed by atoms with Crippen LogP contribution in [0, 0.1) is 12.7 Å². The maximum Gasteiger partial charge on any atom is 0.141 e. The number of anilines is 1. The van der Waals surface area contributed by atoms with Crippen molar-refractivity contribution in [2.45, 2.75) is 6.92 Å². The molecule has 6 heteroatoms. The van der Waals surface area contributed by atoms with E-state index in [1.54, 1.807) is 6.07 Å². The number of nitrogen functional groups attached to an aromatic ring is 1. The summed E-state index contributed by atoms with van der Waals surface area (Å²) in [6.07, 6.45) is 2.89. The number of nitrogens with zero attached hydrogens (tertiary/aromatic N) is 2. The van der Waals surface area contributed by atoms with Gasteiger partial charge in [0.1, 0.15) is 18.4 Å². The zero-order chi connectivity index (χ0) is 18.8. The fourth-order valence-corrected chi connectivity index (χ4v) is 2.26. The molecule has 4 N–H and O–H groups in total. The first-order valence-corrected chi connectivity index (χ1v) is 7.45. The standard InChI is InChI=1S/C17H14FN3.CH5N.CH2O/c1-11-4-2-3-5-13(11)12-6-7-14(15(18)8-12)16-9-21-17(19)10-20-16;2*1-2/h2-10H,1H3,(H2,19,21);2H2,1H3;1H2. The average Bonchev–Trinajstić information content (AvgIpc) is 2.66. The smallest absolute Gasteiger partial charge is 0.141 e. The van der Waals surface area contributed by atoms with Gasteiger partial charge in [0.25, 0.3) is 0 Å². The lowest BCUT2D eigenvalue weighted by Gasteiger charge is -2.08. The van der Waals surface area contributed by atoms with Crippen molar-refractivity contribution >= 4 is 12.6 Å². The van der Waals surface area contributed by atoms with E-state index in [1.807, 2.05) is 44.0 Å². The van der Waals surface area contributed by atoms with E-state index in [-0.39, 0.29) is 5.82 Å². The van der Waals surface area contributed by atoms with Crippen molar-refractivity contribution < 1.29 is 9.18 Å². The molecule has 0 amide bonds. The molecule has 0 atom stereocenters. The van der Waals surface area contributed by atoms with Gasteiger partial charge in [0, 0.05) is 5.56 Å². The Morgan fingerprint density at radius 2 is 1.64 bits per heavy atom. The van der Waals surface area contributed by atoms with Crippen molar-refractivity contribution in [3.05, 3.63) is 66.2 Å². The van der Waals surface area contributed by atoms with Gasteiger partial charge in [0.15, 0.2) is 0 Å². The Kier molecular flexibility index (Phi) is 7.89. The van der Waals surface area contributed by atoms with Crippen molar-refractivity contribution in [2.75, 3.05) is 12.8 Å². The van der Waals surface area contributed by atoms with Gasteiger partial charge >= 0.3 is 0 Å². The second-order valence-electron chi connectivity index (χ2n) is 4.84. The number of aryl methyl sites for hydroxylation is 1. The quantitative estimate of drug-likeness (QED) is 0.747. The molecular formula is C19H21FN4O. The molecule has 130 valence electrons. The number of rotatable bonds is 2. The van der Waals surface area contributed by atoms with E-state index in [0.717, 1.165) is 16.7 Å². The third-order valence-electron chi connectivity index (χ3n) is 3.37. The zero-order valence-corrected chi connectivity index (χ0v) is 14.2. The van der Waals surface area contributed by atoms with Gasteiger partial charge in [-0.1, -0.05) is 30.3 Å². The molecule has 2 aromatic carbocycles. The third kappa shape index (κ3) is 4.92. The molecule has 25 heavy (non-hydrogen) atoms. The number of hydrogen-bond acceptors (Lipinski definition) is 5. The Labute approximate surface area is 146 Å². The maximum atomic E-state index is 14.4. The van der Waals surface area contributed by atoms with Crippen LogP contribution in [0.5, 0.6) is 0 Å². The molecule has 0 saturated heterocycles. The number of halogens is 1. The van der Waals surface area contributed by atoms with E-state index in [9.17, 15) is 4.39 Å². The van der Waals surface area contributed by atoms with Crippen LogP contribution < -0.4 is 11.5 Å². The predicted molar refractivity (Wildman–Crippen MR) is 99.2 cm³/mol. The molecule has 0 bridgehead atoms. The molecule has 0 aliphatic carbocycles. The molecule has 0 aliphatic rings. The lowest BCUT2D eigenvalue weighted by Crippen LogP contribution is -1.94. The second kappa shape index (κ2) is 9.89. The molecule has 0 unspecified atom stereocenters. The number of aromatic nitrogens is 2. The van der Waals surface area contributed by atoms with Gasteiger partial charge in [0.05, 0.1) is 18.1 Å². The first-order valence-electron chi connectivity index (χ1n) is 7.45. The number of benzene rings is 2. The van der Waals surface area contributed by atoms with Crippen molar-refractivity contribution in [2.24, 2.45) is 5.73 Å². The van der Waals surface area contributed by atoms with E-state index >= 15 is 0 Å². The molecule has 0 fully saturated rings. The highest BCUT2D eigenvalue weighted by molar-refractivity contribution is 5.71. The molecule has 0 saturated carbocycles. The van der Waals surface area contributed by atoms with Gasteiger partial charge in [-0.25, -0.2) is 9.37 Å². The summed E-state index contributed by atoms with van der Waals surface area (Å²) in [5.74, 6) is -0.00878. The number of carbonyl (C=O) groups is 1. The van der Waals surface area contributed by atoms with Crippen LogP contribution in [-0.2, 0) is 4.79 Å². The maximum absolute atomic E-state index is 14.4. The summed E-state index contributed by atoms with van der Waals surface area (Å²) in [5, 5.41) is 0. The van der Waals surface area contributed by atoms with Gasteiger partial charge < -0.3 is 16.3 Å². The molecule has 0 aliphatic heterocycles. The van der Waals surface area contributed by atoms with Crippen LogP contribution in [-0.4, -0.2) is 23.8 Å². The Hall–Kier alpha value is -3.12. The van der Waals surface area contributed by atoms with Crippen molar-refractivity contribution in [3.63, 3.8) is 0 Å². The second-order valence-corrected chi connectivity index (χ2v) is 4.84. The first-order chi connectivity index (χ1) is 12.1. The normalized spacial score (nSPS) is 9.28. The number of carbonyl (C=O) groups excluding carboxylic acids is 1. The summed E-state index contributed by atoms with van der Waals surface area (Å²) >= 11 is 0. The highest BCUT2D eigenvalue weighted by Crippen LogP contribution is 2.28. The number of hydrogen-bond donors (Lipinski definition) is 2. The Balaban J connectivity index is 0.000000730. The molecule has 3 aromatic rings. The minimum atomic E-state index is -0.324. The van der Waals surface area contributed by atoms with Crippen LogP contribution in [0.25, 0.3) is 22.4 Å². The predicted octanol–water partition coefficient (Wildman–Crippen LogP) is 3.23. The largest absolute Gasteiger partial charge is 0.382 e. The van der Waals surface area contributed by atoms with Crippen LogP contribution >= 0.6 is 0 Å². The molecular weight excluding hydrogens is 319 g/mol. The van der Waals surface area contributed by atoms with E-state index in [4.69, 9.17) is 10.5 Å². The topological polar surface area (TPSA) is 94.9 Å². The molecule has 3 rings (SSSR count). The van der Waals surface area contributed by atoms with Crippen LogP contribution in [0.3, 0.4) is 0 Å². The zero-order valence-electron chi connectivity index (χ0n) is 14.2. The highest BCUT2D eigenvalue weighted by Gasteiger charge is 2.09. The summed E-state index contributed by atoms with van der Waals surface area (Å²) in [6.45, 7) is 4.01. The lowest BCUT2D eigenvalue weighted by atomic mass is 9.98. The van der Waals surface area contributed by atoms with Gasteiger partial charge in [-0.05, 0) is 42.8 Å². The number of nitrogens with two attached hydrogens (primary N) is 2. The minimum absolute atomic E-state index is 0.315. The van der Waals surface area contributed by atoms with E-state index in [2.05, 4.69) is 15.7 Å². The fourth-order valence-electron chi connectivity index (χ4n) is 2.26. The third-order valence-corrected chi connectivity index (χ3v) is 3.37. The van der Waals surface area contributed by atoms with Gasteiger partial charge in [-0.2, -0.15) is 0 Å². The fraction of sp³-hybridized carbons (Fsp3) is 0.105. The monoisotopic (exact) mass is 340 g/mol. The molecule has 0 radical (unpaired) electrons. The van der Waals surface area contributed by atoms with Crippen molar-refractivity contribution in [1.82, 2.24) is 9.97 Å². The SMILES string of the molecule is C=O.CN.Cc1ccccc1-c1ccc(-c2cnc(N)cn2)c(F)c1. The molecule has 1 heterocycles. The molecule has 1 aromatic heterocycles. The summed E-state index contributed by atoms with van der Waals surface area (Å²) < 4.78 is 14.4. The van der Waals surface area contributed by atoms with E-state index < -0.39 is 0 Å². The molecule has 0 spiro atoms. The van der Waals surface area contributed by atoms with Crippen molar-refractivity contribution in [3.8, 4) is 22.4 Å². The van der Waals surface area contributed by atoms with Crippen LogP contribution in [0.4, 0.5) is 10.2 Å². The minimum Gasteiger partial charge on any atom is -0.382 e. The summed E-state index contributed by atoms with van der Waals surface area (Å²) in [5.41, 5.74) is 13.9. The Morgan fingerprint density at radius 3 is 2.20 bits per heavy atom. The van der Waals surface area contributed by atoms with Crippen LogP contribution in [0.2, 0.25) is 0 Å². The van der Waals surface area contributed by atoms with E-state index in [1.165, 1.54) is 25.5 Å². The Morgan fingerprint density at radius 1 is 0.960 bits per heavy atom. The highest BCUT2D eigenvalue weighted by atomic mass is 19.1. The lowest BCUT2D eigenvalue weighted by molar-refractivity contribution is -0.0979. The van der Waals surface area contributed by atoms with Crippen LogP contribution in [0.1, 0.15) is 5.56 Å². The van der Waals surface area contributed by atoms with Gasteiger partial charge in [-0.3, -0.25) is 4.98 Å². The van der Waals surface area contributed by atoms with Crippen LogP contribution in [0.15, 0.2) is 54.9 Å². The van der Waals surface area contributed by atoms with E-state index in [0.29, 0.717) is 17.1 Å². The van der Waals surface area contributed by atoms with Gasteiger partial charge in [-0.15, -0.1) is 0 Å². The van der Waals surface area contributed by atoms with Gasteiger partial charge in [0.2, 0.25) is 0 Å².